The van der Waals surface area contributed by atoms with Crippen LogP contribution in [0.4, 0.5) is 10.1 Å². The van der Waals surface area contributed by atoms with Gasteiger partial charge in [0.25, 0.3) is 0 Å². The highest BCUT2D eigenvalue weighted by atomic mass is 35.5. The summed E-state index contributed by atoms with van der Waals surface area (Å²) >= 11 is 0. The summed E-state index contributed by atoms with van der Waals surface area (Å²) in [5.41, 5.74) is 6.73. The number of carbonyl (C=O) groups excluding carboxylic acids is 1. The van der Waals surface area contributed by atoms with Crippen molar-refractivity contribution in [3.05, 3.63) is 29.6 Å². The second-order valence-corrected chi connectivity index (χ2v) is 5.13. The van der Waals surface area contributed by atoms with Crippen molar-refractivity contribution in [3.8, 4) is 0 Å². The van der Waals surface area contributed by atoms with Crippen LogP contribution in [0.5, 0.6) is 0 Å². The number of anilines is 1. The SMILES string of the molecule is Cc1cc(F)ccc1NC(=O)C1(N)CCCCC1.Cl. The predicted octanol–water partition coefficient (Wildman–Crippen LogP) is 3.16. The van der Waals surface area contributed by atoms with Crippen LogP contribution in [0, 0.1) is 12.7 Å². The third-order valence-corrected chi connectivity index (χ3v) is 3.63. The van der Waals surface area contributed by atoms with Gasteiger partial charge in [-0.15, -0.1) is 12.4 Å². The Kier molecular flexibility index (Phi) is 5.32. The number of hydrogen-bond donors (Lipinski definition) is 2. The lowest BCUT2D eigenvalue weighted by molar-refractivity contribution is -0.122. The molecule has 0 aromatic heterocycles. The van der Waals surface area contributed by atoms with Gasteiger partial charge in [0.15, 0.2) is 0 Å². The highest BCUT2D eigenvalue weighted by Crippen LogP contribution is 2.27. The van der Waals surface area contributed by atoms with Gasteiger partial charge in [0.05, 0.1) is 5.54 Å². The van der Waals surface area contributed by atoms with E-state index in [1.54, 1.807) is 13.0 Å². The van der Waals surface area contributed by atoms with Gasteiger partial charge in [-0.3, -0.25) is 4.79 Å². The molecule has 1 aliphatic rings. The van der Waals surface area contributed by atoms with Gasteiger partial charge in [-0.1, -0.05) is 19.3 Å². The highest BCUT2D eigenvalue weighted by Gasteiger charge is 2.35. The maximum atomic E-state index is 13.0. The zero-order valence-electron chi connectivity index (χ0n) is 11.0. The maximum Gasteiger partial charge on any atom is 0.244 e. The maximum absolute atomic E-state index is 13.0. The monoisotopic (exact) mass is 286 g/mol. The van der Waals surface area contributed by atoms with Crippen LogP contribution in [-0.2, 0) is 4.79 Å². The van der Waals surface area contributed by atoms with Crippen molar-refractivity contribution in [2.75, 3.05) is 5.32 Å². The minimum absolute atomic E-state index is 0. The van der Waals surface area contributed by atoms with E-state index in [4.69, 9.17) is 5.73 Å². The summed E-state index contributed by atoms with van der Waals surface area (Å²) in [4.78, 5) is 12.2. The first-order valence-electron chi connectivity index (χ1n) is 6.38. The van der Waals surface area contributed by atoms with Gasteiger partial charge < -0.3 is 11.1 Å². The molecule has 0 aliphatic heterocycles. The fourth-order valence-corrected chi connectivity index (χ4v) is 2.42. The lowest BCUT2D eigenvalue weighted by Crippen LogP contribution is -2.52. The lowest BCUT2D eigenvalue weighted by atomic mass is 9.82. The molecule has 3 nitrogen and oxygen atoms in total. The molecule has 1 aromatic carbocycles. The lowest BCUT2D eigenvalue weighted by Gasteiger charge is -2.32. The van der Waals surface area contributed by atoms with E-state index in [0.29, 0.717) is 11.3 Å². The molecule has 0 unspecified atom stereocenters. The molecule has 0 heterocycles. The van der Waals surface area contributed by atoms with Crippen molar-refractivity contribution in [2.24, 2.45) is 5.73 Å². The standard InChI is InChI=1S/C14H19FN2O.ClH/c1-10-9-11(15)5-6-12(10)17-13(18)14(16)7-3-2-4-8-14;/h5-6,9H,2-4,7-8,16H2,1H3,(H,17,18);1H. The van der Waals surface area contributed by atoms with Crippen molar-refractivity contribution in [1.29, 1.82) is 0 Å². The zero-order valence-corrected chi connectivity index (χ0v) is 11.9. The number of nitrogens with one attached hydrogen (secondary N) is 1. The predicted molar refractivity (Wildman–Crippen MR) is 77.0 cm³/mol. The number of hydrogen-bond acceptors (Lipinski definition) is 2. The van der Waals surface area contributed by atoms with Crippen LogP contribution in [0.3, 0.4) is 0 Å². The van der Waals surface area contributed by atoms with E-state index in [-0.39, 0.29) is 24.1 Å². The van der Waals surface area contributed by atoms with E-state index in [1.807, 2.05) is 0 Å². The fraction of sp³-hybridized carbons (Fsp3) is 0.500. The Balaban J connectivity index is 0.00000180. The van der Waals surface area contributed by atoms with Crippen molar-refractivity contribution in [1.82, 2.24) is 0 Å². The third-order valence-electron chi connectivity index (χ3n) is 3.63. The molecule has 5 heteroatoms. The van der Waals surface area contributed by atoms with E-state index >= 15 is 0 Å². The number of benzene rings is 1. The first-order valence-corrected chi connectivity index (χ1v) is 6.38. The molecule has 1 saturated carbocycles. The quantitative estimate of drug-likeness (QED) is 0.877. The van der Waals surface area contributed by atoms with Crippen molar-refractivity contribution in [3.63, 3.8) is 0 Å². The Morgan fingerprint density at radius 1 is 1.32 bits per heavy atom. The Hall–Kier alpha value is -1.13. The van der Waals surface area contributed by atoms with Gasteiger partial charge >= 0.3 is 0 Å². The van der Waals surface area contributed by atoms with Crippen LogP contribution >= 0.6 is 12.4 Å². The summed E-state index contributed by atoms with van der Waals surface area (Å²) in [6.07, 6.45) is 4.57. The number of carbonyl (C=O) groups is 1. The summed E-state index contributed by atoms with van der Waals surface area (Å²) in [6.45, 7) is 1.77. The minimum atomic E-state index is -0.765. The van der Waals surface area contributed by atoms with Crippen molar-refractivity contribution < 1.29 is 9.18 Å². The van der Waals surface area contributed by atoms with E-state index in [0.717, 1.165) is 32.1 Å². The minimum Gasteiger partial charge on any atom is -0.324 e. The average Bonchev–Trinajstić information content (AvgIpc) is 2.33. The second-order valence-electron chi connectivity index (χ2n) is 5.13. The Bertz CT molecular complexity index is 459. The van der Waals surface area contributed by atoms with Gasteiger partial charge in [-0.25, -0.2) is 4.39 Å². The topological polar surface area (TPSA) is 55.1 Å². The summed E-state index contributed by atoms with van der Waals surface area (Å²) < 4.78 is 13.0. The third kappa shape index (κ3) is 3.67. The highest BCUT2D eigenvalue weighted by molar-refractivity contribution is 5.98. The normalized spacial score (nSPS) is 17.4. The first-order chi connectivity index (χ1) is 8.51. The summed E-state index contributed by atoms with van der Waals surface area (Å²) in [6, 6.07) is 4.32. The molecule has 0 bridgehead atoms. The molecule has 0 spiro atoms. The number of rotatable bonds is 2. The number of nitrogens with two attached hydrogens (primary N) is 1. The van der Waals surface area contributed by atoms with E-state index in [9.17, 15) is 9.18 Å². The molecule has 0 radical (unpaired) electrons. The average molecular weight is 287 g/mol. The van der Waals surface area contributed by atoms with Crippen LogP contribution in [-0.4, -0.2) is 11.4 Å². The molecule has 2 rings (SSSR count). The van der Waals surface area contributed by atoms with Crippen LogP contribution in [0.15, 0.2) is 18.2 Å². The van der Waals surface area contributed by atoms with Gasteiger partial charge in [0, 0.05) is 5.69 Å². The molecule has 106 valence electrons. The molecule has 19 heavy (non-hydrogen) atoms. The van der Waals surface area contributed by atoms with Crippen LogP contribution in [0.25, 0.3) is 0 Å². The summed E-state index contributed by atoms with van der Waals surface area (Å²) in [7, 11) is 0. The van der Waals surface area contributed by atoms with Crippen LogP contribution in [0.1, 0.15) is 37.7 Å². The molecular formula is C14H20ClFN2O. The van der Waals surface area contributed by atoms with Gasteiger partial charge in [0.2, 0.25) is 5.91 Å². The second kappa shape index (κ2) is 6.35. The largest absolute Gasteiger partial charge is 0.324 e. The Morgan fingerprint density at radius 3 is 2.53 bits per heavy atom. The fourth-order valence-electron chi connectivity index (χ4n) is 2.42. The molecule has 1 aliphatic carbocycles. The van der Waals surface area contributed by atoms with Gasteiger partial charge in [-0.05, 0) is 43.5 Å². The molecule has 1 fully saturated rings. The van der Waals surface area contributed by atoms with Gasteiger partial charge in [-0.2, -0.15) is 0 Å². The van der Waals surface area contributed by atoms with E-state index in [1.165, 1.54) is 12.1 Å². The molecule has 0 saturated heterocycles. The molecule has 3 N–H and O–H groups in total. The van der Waals surface area contributed by atoms with E-state index in [2.05, 4.69) is 5.32 Å². The van der Waals surface area contributed by atoms with Gasteiger partial charge in [0.1, 0.15) is 5.82 Å². The van der Waals surface area contributed by atoms with Crippen molar-refractivity contribution >= 4 is 24.0 Å². The smallest absolute Gasteiger partial charge is 0.244 e. The molecule has 1 amide bonds. The summed E-state index contributed by atoms with van der Waals surface area (Å²) in [5, 5.41) is 2.82. The van der Waals surface area contributed by atoms with Crippen LogP contribution < -0.4 is 11.1 Å². The Morgan fingerprint density at radius 2 is 1.95 bits per heavy atom. The van der Waals surface area contributed by atoms with E-state index < -0.39 is 5.54 Å². The molecule has 1 aromatic rings. The van der Waals surface area contributed by atoms with Crippen LogP contribution in [0.2, 0.25) is 0 Å². The molecule has 0 atom stereocenters. The zero-order chi connectivity index (χ0) is 13.2. The number of amides is 1. The first kappa shape index (κ1) is 15.9. The Labute approximate surface area is 119 Å². The summed E-state index contributed by atoms with van der Waals surface area (Å²) in [5.74, 6) is -0.456. The number of aryl methyl sites for hydroxylation is 1. The molecular weight excluding hydrogens is 267 g/mol. The number of halogens is 2. The van der Waals surface area contributed by atoms with Crippen molar-refractivity contribution in [2.45, 2.75) is 44.6 Å².